The van der Waals surface area contributed by atoms with Crippen LogP contribution in [-0.4, -0.2) is 27.9 Å². The summed E-state index contributed by atoms with van der Waals surface area (Å²) in [6.07, 6.45) is 0. The Kier molecular flexibility index (Phi) is 4.39. The van der Waals surface area contributed by atoms with Gasteiger partial charge in [-0.15, -0.1) is 0 Å². The van der Waals surface area contributed by atoms with Crippen molar-refractivity contribution >= 4 is 10.9 Å². The molecule has 5 heteroatoms. The van der Waals surface area contributed by atoms with E-state index in [-0.39, 0.29) is 0 Å². The summed E-state index contributed by atoms with van der Waals surface area (Å²) >= 11 is 0. The van der Waals surface area contributed by atoms with Crippen molar-refractivity contribution in [2.75, 3.05) is 7.11 Å². The quantitative estimate of drug-likeness (QED) is 0.735. The molecule has 0 fully saturated rings. The lowest BCUT2D eigenvalue weighted by Gasteiger charge is -2.14. The van der Waals surface area contributed by atoms with Gasteiger partial charge in [-0.2, -0.15) is 5.10 Å². The maximum atomic E-state index is 5.27. The first kappa shape index (κ1) is 15.6. The number of aromatic nitrogens is 3. The van der Waals surface area contributed by atoms with Crippen molar-refractivity contribution in [2.45, 2.75) is 39.9 Å². The van der Waals surface area contributed by atoms with Gasteiger partial charge in [-0.25, -0.2) is 0 Å². The van der Waals surface area contributed by atoms with Crippen molar-refractivity contribution in [3.05, 3.63) is 47.4 Å². The van der Waals surface area contributed by atoms with E-state index < -0.39 is 0 Å². The molecule has 23 heavy (non-hydrogen) atoms. The van der Waals surface area contributed by atoms with Gasteiger partial charge < -0.3 is 15.0 Å². The standard InChI is InChI=1S/C18H24N4O/c1-12-7-14(3)22(21-12)11-13(2)19-10-16-8-15-9-17(23-4)5-6-18(15)20-16/h5-9,13,19-20H,10-11H2,1-4H3/t13-/m0/s1. The third kappa shape index (κ3) is 3.56. The molecule has 0 radical (unpaired) electrons. The summed E-state index contributed by atoms with van der Waals surface area (Å²) < 4.78 is 7.33. The molecular formula is C18H24N4O. The highest BCUT2D eigenvalue weighted by Gasteiger charge is 2.08. The van der Waals surface area contributed by atoms with E-state index in [0.29, 0.717) is 6.04 Å². The van der Waals surface area contributed by atoms with Gasteiger partial charge in [0.1, 0.15) is 5.75 Å². The number of ether oxygens (including phenoxy) is 1. The molecule has 0 saturated carbocycles. The lowest BCUT2D eigenvalue weighted by Crippen LogP contribution is -2.30. The van der Waals surface area contributed by atoms with Crippen molar-refractivity contribution in [1.29, 1.82) is 0 Å². The Labute approximate surface area is 136 Å². The average molecular weight is 312 g/mol. The minimum Gasteiger partial charge on any atom is -0.497 e. The first-order chi connectivity index (χ1) is 11.0. The molecule has 0 aliphatic heterocycles. The normalized spacial score (nSPS) is 12.7. The summed E-state index contributed by atoms with van der Waals surface area (Å²) in [5, 5.41) is 9.24. The number of benzene rings is 1. The Morgan fingerprint density at radius 2 is 2.09 bits per heavy atom. The van der Waals surface area contributed by atoms with Crippen molar-refractivity contribution in [2.24, 2.45) is 0 Å². The second kappa shape index (κ2) is 6.46. The Morgan fingerprint density at radius 3 is 2.78 bits per heavy atom. The molecule has 0 unspecified atom stereocenters. The SMILES string of the molecule is COc1ccc2[nH]c(CN[C@@H](C)Cn3nc(C)cc3C)cc2c1. The van der Waals surface area contributed by atoms with Crippen LogP contribution in [0.25, 0.3) is 10.9 Å². The van der Waals surface area contributed by atoms with Crippen molar-refractivity contribution < 1.29 is 4.74 Å². The van der Waals surface area contributed by atoms with Gasteiger partial charge in [-0.1, -0.05) is 0 Å². The zero-order valence-electron chi connectivity index (χ0n) is 14.2. The summed E-state index contributed by atoms with van der Waals surface area (Å²) in [4.78, 5) is 3.44. The van der Waals surface area contributed by atoms with Crippen LogP contribution in [-0.2, 0) is 13.1 Å². The molecule has 2 aromatic heterocycles. The molecule has 1 atom stereocenters. The van der Waals surface area contributed by atoms with E-state index in [0.717, 1.165) is 30.0 Å². The number of nitrogens with one attached hydrogen (secondary N) is 2. The third-order valence-corrected chi connectivity index (χ3v) is 4.07. The van der Waals surface area contributed by atoms with Crippen LogP contribution in [0.2, 0.25) is 0 Å². The van der Waals surface area contributed by atoms with Crippen LogP contribution < -0.4 is 10.1 Å². The van der Waals surface area contributed by atoms with E-state index in [1.54, 1.807) is 7.11 Å². The number of fused-ring (bicyclic) bond motifs is 1. The van der Waals surface area contributed by atoms with Gasteiger partial charge >= 0.3 is 0 Å². The Morgan fingerprint density at radius 1 is 1.26 bits per heavy atom. The van der Waals surface area contributed by atoms with Gasteiger partial charge in [0.05, 0.1) is 19.3 Å². The van der Waals surface area contributed by atoms with Gasteiger partial charge in [-0.3, -0.25) is 4.68 Å². The minimum atomic E-state index is 0.342. The maximum absolute atomic E-state index is 5.27. The van der Waals surface area contributed by atoms with E-state index in [9.17, 15) is 0 Å². The largest absolute Gasteiger partial charge is 0.497 e. The number of rotatable bonds is 6. The number of hydrogen-bond donors (Lipinski definition) is 2. The summed E-state index contributed by atoms with van der Waals surface area (Å²) in [7, 11) is 1.69. The fourth-order valence-electron chi connectivity index (χ4n) is 2.86. The first-order valence-corrected chi connectivity index (χ1v) is 7.95. The number of methoxy groups -OCH3 is 1. The minimum absolute atomic E-state index is 0.342. The second-order valence-electron chi connectivity index (χ2n) is 6.14. The fraction of sp³-hybridized carbons (Fsp3) is 0.389. The molecule has 0 saturated heterocycles. The van der Waals surface area contributed by atoms with Gasteiger partial charge in [0.2, 0.25) is 0 Å². The molecule has 0 spiro atoms. The van der Waals surface area contributed by atoms with Gasteiger partial charge in [0.15, 0.2) is 0 Å². The van der Waals surface area contributed by atoms with E-state index in [2.05, 4.69) is 58.2 Å². The van der Waals surface area contributed by atoms with E-state index >= 15 is 0 Å². The average Bonchev–Trinajstić information content (AvgIpc) is 3.07. The molecule has 122 valence electrons. The zero-order chi connectivity index (χ0) is 16.4. The predicted molar refractivity (Wildman–Crippen MR) is 92.9 cm³/mol. The molecule has 5 nitrogen and oxygen atoms in total. The molecule has 0 bridgehead atoms. The molecule has 3 rings (SSSR count). The van der Waals surface area contributed by atoms with E-state index in [1.807, 2.05) is 13.0 Å². The number of nitrogens with zero attached hydrogens (tertiary/aromatic N) is 2. The second-order valence-corrected chi connectivity index (χ2v) is 6.14. The highest BCUT2D eigenvalue weighted by molar-refractivity contribution is 5.81. The van der Waals surface area contributed by atoms with Gasteiger partial charge in [0.25, 0.3) is 0 Å². The predicted octanol–water partition coefficient (Wildman–Crippen LogP) is 3.17. The lowest BCUT2D eigenvalue weighted by molar-refractivity contribution is 0.415. The van der Waals surface area contributed by atoms with Gasteiger partial charge in [0, 0.05) is 34.9 Å². The smallest absolute Gasteiger partial charge is 0.119 e. The van der Waals surface area contributed by atoms with Crippen LogP contribution in [0, 0.1) is 13.8 Å². The van der Waals surface area contributed by atoms with Crippen LogP contribution in [0.3, 0.4) is 0 Å². The van der Waals surface area contributed by atoms with Crippen LogP contribution >= 0.6 is 0 Å². The summed E-state index contributed by atoms with van der Waals surface area (Å²) in [5.41, 5.74) is 4.58. The Bertz CT molecular complexity index is 803. The number of hydrogen-bond acceptors (Lipinski definition) is 3. The summed E-state index contributed by atoms with van der Waals surface area (Å²) in [6.45, 7) is 7.98. The van der Waals surface area contributed by atoms with Gasteiger partial charge in [-0.05, 0) is 51.1 Å². The van der Waals surface area contributed by atoms with E-state index in [1.165, 1.54) is 16.8 Å². The summed E-state index contributed by atoms with van der Waals surface area (Å²) in [6, 6.07) is 10.7. The van der Waals surface area contributed by atoms with Crippen molar-refractivity contribution in [3.8, 4) is 5.75 Å². The van der Waals surface area contributed by atoms with Crippen LogP contribution in [0.5, 0.6) is 5.75 Å². The molecule has 2 heterocycles. The number of aryl methyl sites for hydroxylation is 2. The van der Waals surface area contributed by atoms with Crippen LogP contribution in [0.1, 0.15) is 24.0 Å². The Hall–Kier alpha value is -2.27. The highest BCUT2D eigenvalue weighted by Crippen LogP contribution is 2.21. The Balaban J connectivity index is 1.62. The van der Waals surface area contributed by atoms with E-state index in [4.69, 9.17) is 4.74 Å². The molecule has 1 aromatic carbocycles. The monoisotopic (exact) mass is 312 g/mol. The highest BCUT2D eigenvalue weighted by atomic mass is 16.5. The lowest BCUT2D eigenvalue weighted by atomic mass is 10.2. The maximum Gasteiger partial charge on any atom is 0.119 e. The molecule has 0 amide bonds. The summed E-state index contributed by atoms with van der Waals surface area (Å²) in [5.74, 6) is 0.883. The number of H-pyrrole nitrogens is 1. The molecular weight excluding hydrogens is 288 g/mol. The first-order valence-electron chi connectivity index (χ1n) is 7.95. The topological polar surface area (TPSA) is 54.9 Å². The molecule has 2 N–H and O–H groups in total. The van der Waals surface area contributed by atoms with Crippen LogP contribution in [0.15, 0.2) is 30.3 Å². The molecule has 0 aliphatic carbocycles. The number of aromatic amines is 1. The fourth-order valence-corrected chi connectivity index (χ4v) is 2.86. The zero-order valence-corrected chi connectivity index (χ0v) is 14.2. The van der Waals surface area contributed by atoms with Crippen molar-refractivity contribution in [3.63, 3.8) is 0 Å². The molecule has 0 aliphatic rings. The van der Waals surface area contributed by atoms with Crippen molar-refractivity contribution in [1.82, 2.24) is 20.1 Å². The molecule has 3 aromatic rings. The van der Waals surface area contributed by atoms with Crippen LogP contribution in [0.4, 0.5) is 0 Å². The third-order valence-electron chi connectivity index (χ3n) is 4.07.